The van der Waals surface area contributed by atoms with Gasteiger partial charge in [-0.2, -0.15) is 0 Å². The topological polar surface area (TPSA) is 98.5 Å². The lowest BCUT2D eigenvalue weighted by Gasteiger charge is -2.06. The average Bonchev–Trinajstić information content (AvgIpc) is 2.31. The second-order valence-corrected chi connectivity index (χ2v) is 5.76. The first-order chi connectivity index (χ1) is 8.93. The van der Waals surface area contributed by atoms with Crippen LogP contribution in [0.25, 0.3) is 0 Å². The van der Waals surface area contributed by atoms with E-state index in [4.69, 9.17) is 5.73 Å². The fourth-order valence-corrected chi connectivity index (χ4v) is 2.35. The molecule has 0 aliphatic heterocycles. The van der Waals surface area contributed by atoms with Crippen LogP contribution in [0.3, 0.4) is 0 Å². The molecule has 0 heterocycles. The number of ether oxygens (including phenoxy) is 1. The summed E-state index contributed by atoms with van der Waals surface area (Å²) >= 11 is 0. The van der Waals surface area contributed by atoms with Crippen molar-refractivity contribution >= 4 is 21.7 Å². The maximum Gasteiger partial charge on any atom is 0.322 e. The van der Waals surface area contributed by atoms with Gasteiger partial charge in [-0.1, -0.05) is 12.1 Å². The van der Waals surface area contributed by atoms with Gasteiger partial charge in [-0.15, -0.1) is 0 Å². The molecular weight excluding hydrogens is 268 g/mol. The third kappa shape index (κ3) is 6.21. The number of carbonyl (C=O) groups excluding carboxylic acids is 1. The van der Waals surface area contributed by atoms with E-state index in [0.29, 0.717) is 12.1 Å². The Kier molecular flexibility index (Phi) is 5.78. The first kappa shape index (κ1) is 15.5. The highest BCUT2D eigenvalue weighted by Gasteiger charge is 2.16. The van der Waals surface area contributed by atoms with E-state index in [1.165, 1.54) is 0 Å². The summed E-state index contributed by atoms with van der Waals surface area (Å²) in [5.74, 6) is -1.40. The Labute approximate surface area is 113 Å². The maximum atomic E-state index is 11.5. The lowest BCUT2D eigenvalue weighted by Crippen LogP contribution is -2.32. The van der Waals surface area contributed by atoms with E-state index in [2.05, 4.69) is 9.46 Å². The van der Waals surface area contributed by atoms with Crippen molar-refractivity contribution in [3.05, 3.63) is 29.8 Å². The minimum Gasteiger partial charge on any atom is -0.465 e. The summed E-state index contributed by atoms with van der Waals surface area (Å²) in [6, 6.07) is 7.16. The van der Waals surface area contributed by atoms with E-state index in [1.807, 2.05) is 12.1 Å². The van der Waals surface area contributed by atoms with Crippen molar-refractivity contribution in [2.75, 3.05) is 24.6 Å². The third-order valence-electron chi connectivity index (χ3n) is 2.33. The molecule has 0 radical (unpaired) electrons. The molecule has 19 heavy (non-hydrogen) atoms. The predicted octanol–water partition coefficient (Wildman–Crippen LogP) is 0.294. The fraction of sp³-hybridized carbons (Fsp3) is 0.417. The van der Waals surface area contributed by atoms with Crippen LogP contribution in [0.15, 0.2) is 24.3 Å². The average molecular weight is 286 g/mol. The van der Waals surface area contributed by atoms with Crippen LogP contribution in [0, 0.1) is 0 Å². The van der Waals surface area contributed by atoms with Crippen molar-refractivity contribution in [3.63, 3.8) is 0 Å². The molecule has 106 valence electrons. The molecule has 0 aliphatic carbocycles. The lowest BCUT2D eigenvalue weighted by atomic mass is 10.1. The predicted molar refractivity (Wildman–Crippen MR) is 73.0 cm³/mol. The number of nitrogens with one attached hydrogen (secondary N) is 1. The number of benzene rings is 1. The molecular formula is C12H18N2O4S. The Morgan fingerprint density at radius 1 is 1.32 bits per heavy atom. The Hall–Kier alpha value is -1.60. The van der Waals surface area contributed by atoms with Crippen molar-refractivity contribution in [2.24, 2.45) is 0 Å². The molecule has 0 saturated heterocycles. The van der Waals surface area contributed by atoms with Crippen LogP contribution in [0.4, 0.5) is 5.69 Å². The molecule has 0 amide bonds. The van der Waals surface area contributed by atoms with Crippen molar-refractivity contribution in [1.82, 2.24) is 4.72 Å². The van der Waals surface area contributed by atoms with Gasteiger partial charge in [0.2, 0.25) is 10.0 Å². The zero-order valence-corrected chi connectivity index (χ0v) is 11.6. The largest absolute Gasteiger partial charge is 0.465 e. The number of hydrogen-bond acceptors (Lipinski definition) is 5. The number of esters is 1. The molecule has 0 unspecified atom stereocenters. The maximum absolute atomic E-state index is 11.5. The highest BCUT2D eigenvalue weighted by Crippen LogP contribution is 2.05. The highest BCUT2D eigenvalue weighted by atomic mass is 32.2. The number of carbonyl (C=O) groups is 1. The Bertz CT molecular complexity index is 511. The number of nitrogen functional groups attached to an aromatic ring is 1. The van der Waals surface area contributed by atoms with E-state index in [9.17, 15) is 13.2 Å². The number of anilines is 1. The van der Waals surface area contributed by atoms with E-state index in [-0.39, 0.29) is 13.2 Å². The Morgan fingerprint density at radius 3 is 2.53 bits per heavy atom. The SMILES string of the molecule is CCOC(=O)CS(=O)(=O)NCCc1ccc(N)cc1. The van der Waals surface area contributed by atoms with Crippen molar-refractivity contribution in [3.8, 4) is 0 Å². The van der Waals surface area contributed by atoms with Gasteiger partial charge < -0.3 is 10.5 Å². The molecule has 1 aromatic rings. The first-order valence-corrected chi connectivity index (χ1v) is 7.55. The van der Waals surface area contributed by atoms with Crippen LogP contribution in [0.5, 0.6) is 0 Å². The second kappa shape index (κ2) is 7.10. The van der Waals surface area contributed by atoms with Gasteiger partial charge in [0.05, 0.1) is 6.61 Å². The van der Waals surface area contributed by atoms with Gasteiger partial charge in [0.15, 0.2) is 5.75 Å². The summed E-state index contributed by atoms with van der Waals surface area (Å²) in [5, 5.41) is 0. The van der Waals surface area contributed by atoms with Crippen LogP contribution < -0.4 is 10.5 Å². The van der Waals surface area contributed by atoms with Gasteiger partial charge in [0.25, 0.3) is 0 Å². The monoisotopic (exact) mass is 286 g/mol. The van der Waals surface area contributed by atoms with Crippen molar-refractivity contribution in [1.29, 1.82) is 0 Å². The van der Waals surface area contributed by atoms with Gasteiger partial charge >= 0.3 is 5.97 Å². The van der Waals surface area contributed by atoms with Gasteiger partial charge in [0, 0.05) is 12.2 Å². The zero-order valence-electron chi connectivity index (χ0n) is 10.8. The number of nitrogens with two attached hydrogens (primary N) is 1. The summed E-state index contributed by atoms with van der Waals surface area (Å²) < 4.78 is 30.0. The Balaban J connectivity index is 2.39. The summed E-state index contributed by atoms with van der Waals surface area (Å²) in [6.07, 6.45) is 0.530. The molecule has 6 nitrogen and oxygen atoms in total. The van der Waals surface area contributed by atoms with Crippen LogP contribution in [0.2, 0.25) is 0 Å². The van der Waals surface area contributed by atoms with E-state index in [0.717, 1.165) is 5.56 Å². The lowest BCUT2D eigenvalue weighted by molar-refractivity contribution is -0.139. The summed E-state index contributed by atoms with van der Waals surface area (Å²) in [5.41, 5.74) is 7.17. The smallest absolute Gasteiger partial charge is 0.322 e. The van der Waals surface area contributed by atoms with E-state index >= 15 is 0 Å². The fourth-order valence-electron chi connectivity index (χ4n) is 1.44. The minimum atomic E-state index is -3.63. The molecule has 0 fully saturated rings. The van der Waals surface area contributed by atoms with E-state index < -0.39 is 21.7 Å². The van der Waals surface area contributed by atoms with Crippen LogP contribution >= 0.6 is 0 Å². The number of hydrogen-bond donors (Lipinski definition) is 2. The highest BCUT2D eigenvalue weighted by molar-refractivity contribution is 7.90. The summed E-state index contributed by atoms with van der Waals surface area (Å²) in [6.45, 7) is 2.02. The molecule has 0 spiro atoms. The molecule has 7 heteroatoms. The second-order valence-electron chi connectivity index (χ2n) is 3.95. The van der Waals surface area contributed by atoms with E-state index in [1.54, 1.807) is 19.1 Å². The molecule has 1 rings (SSSR count). The summed E-state index contributed by atoms with van der Waals surface area (Å²) in [4.78, 5) is 11.1. The minimum absolute atomic E-state index is 0.166. The zero-order chi connectivity index (χ0) is 14.3. The number of rotatable bonds is 7. The van der Waals surface area contributed by atoms with Crippen molar-refractivity contribution < 1.29 is 17.9 Å². The molecule has 3 N–H and O–H groups in total. The molecule has 0 bridgehead atoms. The third-order valence-corrected chi connectivity index (χ3v) is 3.59. The standard InChI is InChI=1S/C12H18N2O4S/c1-2-18-12(15)9-19(16,17)14-8-7-10-3-5-11(13)6-4-10/h3-6,14H,2,7-9,13H2,1H3. The molecule has 0 aromatic heterocycles. The molecule has 0 atom stereocenters. The van der Waals surface area contributed by atoms with Crippen LogP contribution in [0.1, 0.15) is 12.5 Å². The quantitative estimate of drug-likeness (QED) is 0.554. The molecule has 1 aromatic carbocycles. The van der Waals surface area contributed by atoms with Gasteiger partial charge in [-0.05, 0) is 31.0 Å². The Morgan fingerprint density at radius 2 is 1.95 bits per heavy atom. The molecule has 0 aliphatic rings. The summed E-state index contributed by atoms with van der Waals surface area (Å²) in [7, 11) is -3.63. The van der Waals surface area contributed by atoms with Gasteiger partial charge in [-0.3, -0.25) is 4.79 Å². The van der Waals surface area contributed by atoms with Gasteiger partial charge in [0.1, 0.15) is 0 Å². The molecule has 0 saturated carbocycles. The normalized spacial score (nSPS) is 11.2. The number of sulfonamides is 1. The first-order valence-electron chi connectivity index (χ1n) is 5.90. The van der Waals surface area contributed by atoms with Crippen LogP contribution in [-0.2, 0) is 26.0 Å². The van der Waals surface area contributed by atoms with Crippen LogP contribution in [-0.4, -0.2) is 33.3 Å². The van der Waals surface area contributed by atoms with Crippen molar-refractivity contribution in [2.45, 2.75) is 13.3 Å². The van der Waals surface area contributed by atoms with Gasteiger partial charge in [-0.25, -0.2) is 13.1 Å².